The van der Waals surface area contributed by atoms with Gasteiger partial charge in [0.25, 0.3) is 5.56 Å². The fraction of sp³-hybridized carbons (Fsp3) is 0.267. The number of aryl methyl sites for hydroxylation is 1. The molecule has 0 saturated carbocycles. The van der Waals surface area contributed by atoms with Crippen LogP contribution in [0, 0.1) is 0 Å². The second kappa shape index (κ2) is 5.76. The van der Waals surface area contributed by atoms with Crippen molar-refractivity contribution < 1.29 is 13.9 Å². The molecule has 0 N–H and O–H groups in total. The Morgan fingerprint density at radius 2 is 2.27 bits per heavy atom. The Kier molecular flexibility index (Phi) is 3.81. The van der Waals surface area contributed by atoms with Crippen LogP contribution in [0.3, 0.4) is 0 Å². The molecule has 6 nitrogen and oxygen atoms in total. The minimum atomic E-state index is -0.544. The summed E-state index contributed by atoms with van der Waals surface area (Å²) in [6, 6.07) is 5.06. The van der Waals surface area contributed by atoms with Crippen LogP contribution < -0.4 is 5.56 Å². The molecular weight excluding hydrogens is 304 g/mol. The molecule has 0 saturated heterocycles. The number of nitrogens with zero attached hydrogens (tertiary/aromatic N) is 2. The van der Waals surface area contributed by atoms with Crippen molar-refractivity contribution in [3.63, 3.8) is 0 Å². The Hall–Kier alpha value is -2.41. The summed E-state index contributed by atoms with van der Waals surface area (Å²) in [5.41, 5.74) is -0.114. The number of ether oxygens (including phenoxy) is 1. The topological polar surface area (TPSA) is 74.3 Å². The molecule has 22 heavy (non-hydrogen) atoms. The molecular formula is C15H14N2O4S. The third-order valence-corrected chi connectivity index (χ3v) is 4.48. The van der Waals surface area contributed by atoms with Crippen molar-refractivity contribution in [1.29, 1.82) is 0 Å². The Bertz CT molecular complexity index is 890. The van der Waals surface area contributed by atoms with Crippen molar-refractivity contribution in [2.45, 2.75) is 19.9 Å². The minimum absolute atomic E-state index is 0.114. The summed E-state index contributed by atoms with van der Waals surface area (Å²) in [4.78, 5) is 30.0. The number of rotatable bonds is 4. The van der Waals surface area contributed by atoms with E-state index in [1.807, 2.05) is 13.0 Å². The second-order valence-electron chi connectivity index (χ2n) is 4.72. The SMILES string of the molecule is CCc1cc2c(=O)n(Cc3ccc(C(=O)OC)o3)cnc2s1. The molecule has 0 radical (unpaired) electrons. The average Bonchev–Trinajstić information content (AvgIpc) is 3.16. The number of esters is 1. The van der Waals surface area contributed by atoms with E-state index in [4.69, 9.17) is 4.42 Å². The molecule has 0 amide bonds. The first-order valence-corrected chi connectivity index (χ1v) is 7.59. The number of fused-ring (bicyclic) bond motifs is 1. The van der Waals surface area contributed by atoms with Crippen molar-refractivity contribution in [2.24, 2.45) is 0 Å². The lowest BCUT2D eigenvalue weighted by Crippen LogP contribution is -2.20. The van der Waals surface area contributed by atoms with Gasteiger partial charge in [0.1, 0.15) is 10.6 Å². The van der Waals surface area contributed by atoms with E-state index in [2.05, 4.69) is 9.72 Å². The van der Waals surface area contributed by atoms with E-state index in [1.165, 1.54) is 35.4 Å². The number of carbonyl (C=O) groups is 1. The molecule has 0 aliphatic carbocycles. The van der Waals surface area contributed by atoms with Gasteiger partial charge in [0.15, 0.2) is 0 Å². The number of methoxy groups -OCH3 is 1. The van der Waals surface area contributed by atoms with Gasteiger partial charge in [0.2, 0.25) is 5.76 Å². The van der Waals surface area contributed by atoms with Crippen molar-refractivity contribution in [2.75, 3.05) is 7.11 Å². The van der Waals surface area contributed by atoms with Gasteiger partial charge >= 0.3 is 5.97 Å². The molecule has 3 aromatic heterocycles. The first-order valence-electron chi connectivity index (χ1n) is 6.77. The third-order valence-electron chi connectivity index (χ3n) is 3.29. The van der Waals surface area contributed by atoms with Gasteiger partial charge in [-0.05, 0) is 24.6 Å². The summed E-state index contributed by atoms with van der Waals surface area (Å²) >= 11 is 1.53. The highest BCUT2D eigenvalue weighted by Crippen LogP contribution is 2.21. The zero-order chi connectivity index (χ0) is 15.7. The fourth-order valence-electron chi connectivity index (χ4n) is 2.14. The van der Waals surface area contributed by atoms with E-state index in [0.29, 0.717) is 11.1 Å². The minimum Gasteiger partial charge on any atom is -0.463 e. The molecule has 0 aliphatic rings. The van der Waals surface area contributed by atoms with Gasteiger partial charge in [-0.25, -0.2) is 9.78 Å². The maximum Gasteiger partial charge on any atom is 0.373 e. The van der Waals surface area contributed by atoms with Gasteiger partial charge in [-0.3, -0.25) is 9.36 Å². The van der Waals surface area contributed by atoms with E-state index >= 15 is 0 Å². The van der Waals surface area contributed by atoms with Crippen molar-refractivity contribution in [3.05, 3.63) is 51.3 Å². The standard InChI is InChI=1S/C15H14N2O4S/c1-3-10-6-11-13(22-10)16-8-17(14(11)18)7-9-4-5-12(21-9)15(19)20-2/h4-6,8H,3,7H2,1-2H3. The van der Waals surface area contributed by atoms with Gasteiger partial charge in [-0.2, -0.15) is 0 Å². The van der Waals surface area contributed by atoms with Crippen molar-refractivity contribution >= 4 is 27.5 Å². The summed E-state index contributed by atoms with van der Waals surface area (Å²) in [6.07, 6.45) is 2.38. The average molecular weight is 318 g/mol. The molecule has 3 rings (SSSR count). The lowest BCUT2D eigenvalue weighted by Gasteiger charge is -2.02. The van der Waals surface area contributed by atoms with Crippen LogP contribution in [-0.4, -0.2) is 22.6 Å². The normalized spacial score (nSPS) is 11.0. The van der Waals surface area contributed by atoms with E-state index in [1.54, 1.807) is 6.07 Å². The smallest absolute Gasteiger partial charge is 0.373 e. The summed E-state index contributed by atoms with van der Waals surface area (Å²) in [5.74, 6) is 0.0654. The molecule has 0 aromatic carbocycles. The van der Waals surface area contributed by atoms with Crippen molar-refractivity contribution in [3.8, 4) is 0 Å². The van der Waals surface area contributed by atoms with E-state index in [-0.39, 0.29) is 17.9 Å². The van der Waals surface area contributed by atoms with E-state index in [0.717, 1.165) is 16.1 Å². The quantitative estimate of drug-likeness (QED) is 0.691. The van der Waals surface area contributed by atoms with Crippen LogP contribution in [0.5, 0.6) is 0 Å². The van der Waals surface area contributed by atoms with Crippen LogP contribution >= 0.6 is 11.3 Å². The lowest BCUT2D eigenvalue weighted by molar-refractivity contribution is 0.0563. The number of hydrogen-bond donors (Lipinski definition) is 0. The van der Waals surface area contributed by atoms with Crippen LogP contribution in [0.4, 0.5) is 0 Å². The fourth-order valence-corrected chi connectivity index (χ4v) is 3.06. The first kappa shape index (κ1) is 14.5. The summed E-state index contributed by atoms with van der Waals surface area (Å²) in [7, 11) is 1.29. The highest BCUT2D eigenvalue weighted by Gasteiger charge is 2.13. The van der Waals surface area contributed by atoms with Crippen LogP contribution in [0.2, 0.25) is 0 Å². The van der Waals surface area contributed by atoms with E-state index in [9.17, 15) is 9.59 Å². The zero-order valence-electron chi connectivity index (χ0n) is 12.2. The summed E-state index contributed by atoms with van der Waals surface area (Å²) in [5, 5.41) is 0.615. The molecule has 0 aliphatic heterocycles. The van der Waals surface area contributed by atoms with Gasteiger partial charge < -0.3 is 9.15 Å². The second-order valence-corrected chi connectivity index (χ2v) is 5.84. The predicted molar refractivity (Wildman–Crippen MR) is 82.4 cm³/mol. The molecule has 114 valence electrons. The predicted octanol–water partition coefficient (Wildman–Crippen LogP) is 2.45. The number of carbonyl (C=O) groups excluding carboxylic acids is 1. The maximum atomic E-state index is 12.5. The van der Waals surface area contributed by atoms with Crippen LogP contribution in [0.1, 0.15) is 28.1 Å². The Morgan fingerprint density at radius 3 is 3.00 bits per heavy atom. The summed E-state index contributed by atoms with van der Waals surface area (Å²) in [6.45, 7) is 2.26. The molecule has 7 heteroatoms. The lowest BCUT2D eigenvalue weighted by atomic mass is 10.3. The first-order chi connectivity index (χ1) is 10.6. The van der Waals surface area contributed by atoms with Gasteiger partial charge in [0.05, 0.1) is 25.4 Å². The van der Waals surface area contributed by atoms with Crippen LogP contribution in [0.25, 0.3) is 10.2 Å². The Morgan fingerprint density at radius 1 is 1.45 bits per heavy atom. The molecule has 3 aromatic rings. The van der Waals surface area contributed by atoms with Crippen LogP contribution in [0.15, 0.2) is 33.7 Å². The van der Waals surface area contributed by atoms with Gasteiger partial charge in [-0.15, -0.1) is 11.3 Å². The number of hydrogen-bond acceptors (Lipinski definition) is 6. The largest absolute Gasteiger partial charge is 0.463 e. The number of furan rings is 1. The van der Waals surface area contributed by atoms with Gasteiger partial charge in [0, 0.05) is 4.88 Å². The highest BCUT2D eigenvalue weighted by molar-refractivity contribution is 7.18. The van der Waals surface area contributed by atoms with Crippen LogP contribution in [-0.2, 0) is 17.7 Å². The number of aromatic nitrogens is 2. The van der Waals surface area contributed by atoms with E-state index < -0.39 is 5.97 Å². The molecule has 3 heterocycles. The molecule has 0 fully saturated rings. The number of thiophene rings is 1. The monoisotopic (exact) mass is 318 g/mol. The Balaban J connectivity index is 1.93. The molecule has 0 atom stereocenters. The summed E-state index contributed by atoms with van der Waals surface area (Å²) < 4.78 is 11.4. The maximum absolute atomic E-state index is 12.5. The molecule has 0 spiro atoms. The van der Waals surface area contributed by atoms with Crippen molar-refractivity contribution in [1.82, 2.24) is 9.55 Å². The molecule has 0 unspecified atom stereocenters. The zero-order valence-corrected chi connectivity index (χ0v) is 13.0. The Labute approximate surface area is 130 Å². The third kappa shape index (κ3) is 2.55. The van der Waals surface area contributed by atoms with Gasteiger partial charge in [-0.1, -0.05) is 6.92 Å². The highest BCUT2D eigenvalue weighted by atomic mass is 32.1. The molecule has 0 bridgehead atoms.